The third-order valence-corrected chi connectivity index (χ3v) is 3.60. The highest BCUT2D eigenvalue weighted by Gasteiger charge is 2.25. The molecule has 1 fully saturated rings. The van der Waals surface area contributed by atoms with E-state index in [1.807, 2.05) is 6.92 Å². The van der Waals surface area contributed by atoms with Crippen LogP contribution in [-0.2, 0) is 4.74 Å². The molecule has 0 spiro atoms. The molecule has 2 heterocycles. The van der Waals surface area contributed by atoms with Crippen LogP contribution in [0.2, 0.25) is 0 Å². The third-order valence-electron chi connectivity index (χ3n) is 3.60. The first-order valence-electron chi connectivity index (χ1n) is 8.65. The summed E-state index contributed by atoms with van der Waals surface area (Å²) in [5.74, 6) is 1.04. The maximum absolute atomic E-state index is 11.6. The van der Waals surface area contributed by atoms with Crippen molar-refractivity contribution in [3.8, 4) is 0 Å². The quantitative estimate of drug-likeness (QED) is 0.895. The number of rotatable bonds is 4. The van der Waals surface area contributed by atoms with Crippen LogP contribution in [0.1, 0.15) is 44.4 Å². The van der Waals surface area contributed by atoms with Gasteiger partial charge < -0.3 is 10.1 Å². The monoisotopic (exact) mass is 342 g/mol. The van der Waals surface area contributed by atoms with E-state index in [0.717, 1.165) is 5.56 Å². The van der Waals surface area contributed by atoms with Crippen LogP contribution in [0.3, 0.4) is 0 Å². The van der Waals surface area contributed by atoms with Crippen LogP contribution in [0.15, 0.2) is 36.5 Å². The first kappa shape index (κ1) is 18.7. The van der Waals surface area contributed by atoms with Gasteiger partial charge in [-0.3, -0.25) is 4.90 Å². The minimum absolute atomic E-state index is 0.0707. The SMILES string of the molecule is CCC.Cc1ccc([C@@H](C)Nc2nccc(N3CCOC3=O)n2)cc1. The Kier molecular flexibility index (Phi) is 6.74. The van der Waals surface area contributed by atoms with Crippen molar-refractivity contribution in [2.75, 3.05) is 23.4 Å². The molecule has 0 radical (unpaired) electrons. The van der Waals surface area contributed by atoms with Crippen LogP contribution in [-0.4, -0.2) is 29.2 Å². The maximum Gasteiger partial charge on any atom is 0.415 e. The van der Waals surface area contributed by atoms with E-state index in [4.69, 9.17) is 4.74 Å². The number of nitrogens with one attached hydrogen (secondary N) is 1. The van der Waals surface area contributed by atoms with Crippen molar-refractivity contribution in [2.24, 2.45) is 0 Å². The molecular formula is C19H26N4O2. The summed E-state index contributed by atoms with van der Waals surface area (Å²) in [6, 6.07) is 10.1. The van der Waals surface area contributed by atoms with Gasteiger partial charge in [-0.15, -0.1) is 0 Å². The fraction of sp³-hybridized carbons (Fsp3) is 0.421. The first-order valence-corrected chi connectivity index (χ1v) is 8.65. The number of aryl methyl sites for hydroxylation is 1. The Bertz CT molecular complexity index is 688. The van der Waals surface area contributed by atoms with E-state index in [2.05, 4.69) is 60.3 Å². The minimum Gasteiger partial charge on any atom is -0.447 e. The van der Waals surface area contributed by atoms with E-state index in [-0.39, 0.29) is 12.1 Å². The molecule has 1 aliphatic heterocycles. The Hall–Kier alpha value is -2.63. The molecule has 6 heteroatoms. The molecule has 134 valence electrons. The fourth-order valence-electron chi connectivity index (χ4n) is 2.30. The molecule has 3 rings (SSSR count). The molecule has 1 aromatic carbocycles. The van der Waals surface area contributed by atoms with Crippen molar-refractivity contribution in [3.63, 3.8) is 0 Å². The molecule has 1 N–H and O–H groups in total. The summed E-state index contributed by atoms with van der Waals surface area (Å²) in [4.78, 5) is 21.7. The summed E-state index contributed by atoms with van der Waals surface area (Å²) in [6.45, 7) is 9.27. The Morgan fingerprint density at radius 1 is 1.24 bits per heavy atom. The summed E-state index contributed by atoms with van der Waals surface area (Å²) in [7, 11) is 0. The van der Waals surface area contributed by atoms with Crippen molar-refractivity contribution in [1.29, 1.82) is 0 Å². The van der Waals surface area contributed by atoms with Crippen molar-refractivity contribution >= 4 is 17.9 Å². The van der Waals surface area contributed by atoms with Gasteiger partial charge in [0.1, 0.15) is 12.4 Å². The number of nitrogens with zero attached hydrogens (tertiary/aromatic N) is 3. The molecule has 0 aliphatic carbocycles. The third kappa shape index (κ3) is 5.17. The maximum atomic E-state index is 11.6. The number of cyclic esters (lactones) is 1. The number of ether oxygens (including phenoxy) is 1. The Morgan fingerprint density at radius 2 is 1.92 bits per heavy atom. The number of carbonyl (C=O) groups is 1. The predicted molar refractivity (Wildman–Crippen MR) is 99.9 cm³/mol. The summed E-state index contributed by atoms with van der Waals surface area (Å²) in [5.41, 5.74) is 2.38. The molecule has 6 nitrogen and oxygen atoms in total. The summed E-state index contributed by atoms with van der Waals surface area (Å²) in [5, 5.41) is 3.26. The number of aromatic nitrogens is 2. The van der Waals surface area contributed by atoms with Crippen LogP contribution in [0.5, 0.6) is 0 Å². The Labute approximate surface area is 149 Å². The summed E-state index contributed by atoms with van der Waals surface area (Å²) >= 11 is 0. The van der Waals surface area contributed by atoms with Gasteiger partial charge in [-0.1, -0.05) is 50.1 Å². The van der Waals surface area contributed by atoms with Crippen molar-refractivity contribution in [3.05, 3.63) is 47.7 Å². The first-order chi connectivity index (χ1) is 12.0. The van der Waals surface area contributed by atoms with Crippen molar-refractivity contribution in [2.45, 2.75) is 40.2 Å². The number of hydrogen-bond donors (Lipinski definition) is 1. The number of anilines is 2. The van der Waals surface area contributed by atoms with E-state index in [9.17, 15) is 4.79 Å². The molecule has 0 bridgehead atoms. The molecule has 2 aromatic rings. The van der Waals surface area contributed by atoms with E-state index in [1.165, 1.54) is 16.9 Å². The van der Waals surface area contributed by atoms with Crippen LogP contribution in [0.25, 0.3) is 0 Å². The normalized spacial score (nSPS) is 14.4. The number of benzene rings is 1. The van der Waals surface area contributed by atoms with E-state index in [0.29, 0.717) is 24.9 Å². The number of amides is 1. The van der Waals surface area contributed by atoms with Gasteiger partial charge in [0.15, 0.2) is 0 Å². The molecule has 1 saturated heterocycles. The average molecular weight is 342 g/mol. The van der Waals surface area contributed by atoms with Gasteiger partial charge in [-0.2, -0.15) is 4.98 Å². The van der Waals surface area contributed by atoms with E-state index >= 15 is 0 Å². The van der Waals surface area contributed by atoms with Gasteiger partial charge in [0.2, 0.25) is 5.95 Å². The highest BCUT2D eigenvalue weighted by Crippen LogP contribution is 2.20. The predicted octanol–water partition coefficient (Wildman–Crippen LogP) is 4.33. The summed E-state index contributed by atoms with van der Waals surface area (Å²) < 4.78 is 4.93. The van der Waals surface area contributed by atoms with E-state index < -0.39 is 0 Å². The van der Waals surface area contributed by atoms with Gasteiger partial charge in [0.05, 0.1) is 12.6 Å². The van der Waals surface area contributed by atoms with Gasteiger partial charge >= 0.3 is 6.09 Å². The molecule has 1 amide bonds. The van der Waals surface area contributed by atoms with Crippen LogP contribution in [0, 0.1) is 6.92 Å². The second kappa shape index (κ2) is 9.01. The van der Waals surface area contributed by atoms with Gasteiger partial charge in [-0.05, 0) is 25.5 Å². The molecule has 0 saturated carbocycles. The Morgan fingerprint density at radius 3 is 2.52 bits per heavy atom. The molecule has 1 atom stereocenters. The Balaban J connectivity index is 0.000000701. The molecule has 25 heavy (non-hydrogen) atoms. The minimum atomic E-state index is -0.365. The number of hydrogen-bond acceptors (Lipinski definition) is 5. The van der Waals surface area contributed by atoms with Gasteiger partial charge in [0.25, 0.3) is 0 Å². The van der Waals surface area contributed by atoms with Gasteiger partial charge in [-0.25, -0.2) is 9.78 Å². The second-order valence-electron chi connectivity index (χ2n) is 5.99. The topological polar surface area (TPSA) is 67.3 Å². The summed E-state index contributed by atoms with van der Waals surface area (Å²) in [6.07, 6.45) is 2.52. The largest absolute Gasteiger partial charge is 0.447 e. The van der Waals surface area contributed by atoms with E-state index in [1.54, 1.807) is 12.3 Å². The van der Waals surface area contributed by atoms with Gasteiger partial charge in [0, 0.05) is 6.20 Å². The lowest BCUT2D eigenvalue weighted by atomic mass is 10.1. The highest BCUT2D eigenvalue weighted by molar-refractivity contribution is 5.88. The van der Waals surface area contributed by atoms with Crippen molar-refractivity contribution < 1.29 is 9.53 Å². The zero-order valence-electron chi connectivity index (χ0n) is 15.3. The zero-order valence-corrected chi connectivity index (χ0v) is 15.3. The highest BCUT2D eigenvalue weighted by atomic mass is 16.6. The van der Waals surface area contributed by atoms with Crippen molar-refractivity contribution in [1.82, 2.24) is 9.97 Å². The van der Waals surface area contributed by atoms with Crippen LogP contribution < -0.4 is 10.2 Å². The molecular weight excluding hydrogens is 316 g/mol. The van der Waals surface area contributed by atoms with Crippen LogP contribution >= 0.6 is 0 Å². The molecule has 1 aliphatic rings. The smallest absolute Gasteiger partial charge is 0.415 e. The zero-order chi connectivity index (χ0) is 18.2. The fourth-order valence-corrected chi connectivity index (χ4v) is 2.30. The van der Waals surface area contributed by atoms with Crippen LogP contribution in [0.4, 0.5) is 16.6 Å². The lowest BCUT2D eigenvalue weighted by Crippen LogP contribution is -2.25. The lowest BCUT2D eigenvalue weighted by molar-refractivity contribution is 0.181. The average Bonchev–Trinajstić information content (AvgIpc) is 3.02. The molecule has 0 unspecified atom stereocenters. The number of carbonyl (C=O) groups excluding carboxylic acids is 1. The lowest BCUT2D eigenvalue weighted by Gasteiger charge is -2.16. The molecule has 1 aromatic heterocycles. The second-order valence-corrected chi connectivity index (χ2v) is 5.99. The standard InChI is InChI=1S/C16H18N4O2.C3H8/c1-11-3-5-13(6-4-11)12(2)18-15-17-8-7-14(19-15)20-9-10-22-16(20)21;1-3-2/h3-8,12H,9-10H2,1-2H3,(H,17,18,19);3H2,1-2H3/t12-;/m1./s1.